The molecule has 0 saturated carbocycles. The Hall–Kier alpha value is -1.12. The largest absolute Gasteiger partial charge is 0.386 e. The van der Waals surface area contributed by atoms with Crippen LogP contribution in [0, 0.1) is 5.41 Å². The maximum atomic E-state index is 11.3. The monoisotopic (exact) mass is 152 g/mol. The number of nitrogens with two attached hydrogens (primary N) is 1. The number of allylic oxidation sites excluding steroid dienone is 1. The van der Waals surface area contributed by atoms with Crippen molar-refractivity contribution in [3.63, 3.8) is 0 Å². The van der Waals surface area contributed by atoms with Crippen molar-refractivity contribution in [2.45, 2.75) is 20.3 Å². The zero-order chi connectivity index (χ0) is 8.48. The number of carbonyl (C=O) groups is 1. The van der Waals surface area contributed by atoms with E-state index in [0.717, 1.165) is 0 Å². The molecule has 1 aliphatic heterocycles. The fourth-order valence-electron chi connectivity index (χ4n) is 0.993. The van der Waals surface area contributed by atoms with Gasteiger partial charge in [-0.1, -0.05) is 6.92 Å². The highest BCUT2D eigenvalue weighted by molar-refractivity contribution is 6.13. The number of rotatable bonds is 1. The number of carbonyl (C=O) groups excluding carboxylic acids is 1. The van der Waals surface area contributed by atoms with Gasteiger partial charge < -0.3 is 5.73 Å². The summed E-state index contributed by atoms with van der Waals surface area (Å²) >= 11 is 0. The van der Waals surface area contributed by atoms with E-state index in [1.165, 1.54) is 12.3 Å². The second-order valence-electron chi connectivity index (χ2n) is 2.88. The lowest BCUT2D eigenvalue weighted by molar-refractivity contribution is -0.120. The van der Waals surface area contributed by atoms with Crippen LogP contribution in [0.4, 0.5) is 0 Å². The summed E-state index contributed by atoms with van der Waals surface area (Å²) in [5.41, 5.74) is 5.03. The summed E-state index contributed by atoms with van der Waals surface area (Å²) in [6, 6.07) is 0. The van der Waals surface area contributed by atoms with Gasteiger partial charge in [0, 0.05) is 12.3 Å². The second kappa shape index (κ2) is 2.49. The Labute approximate surface area is 66.0 Å². The second-order valence-corrected chi connectivity index (χ2v) is 2.88. The molecule has 1 aliphatic rings. The molecule has 1 atom stereocenters. The summed E-state index contributed by atoms with van der Waals surface area (Å²) in [5.74, 6) is 0.472. The summed E-state index contributed by atoms with van der Waals surface area (Å²) in [4.78, 5) is 15.2. The van der Waals surface area contributed by atoms with Crippen molar-refractivity contribution in [3.05, 3.63) is 12.3 Å². The third-order valence-electron chi connectivity index (χ3n) is 2.26. The van der Waals surface area contributed by atoms with E-state index in [4.69, 9.17) is 5.73 Å². The van der Waals surface area contributed by atoms with E-state index in [1.807, 2.05) is 13.8 Å². The predicted octanol–water partition coefficient (Wildman–Crippen LogP) is 0.856. The third kappa shape index (κ3) is 1.06. The maximum absolute atomic E-state index is 11.3. The Kier molecular flexibility index (Phi) is 1.81. The van der Waals surface area contributed by atoms with Crippen LogP contribution in [0.1, 0.15) is 20.3 Å². The van der Waals surface area contributed by atoms with Crippen LogP contribution in [0.5, 0.6) is 0 Å². The predicted molar refractivity (Wildman–Crippen MR) is 44.2 cm³/mol. The number of aliphatic imine (C=N–C) groups is 1. The number of hydrogen-bond donors (Lipinski definition) is 1. The lowest BCUT2D eigenvalue weighted by atomic mass is 9.80. The Morgan fingerprint density at radius 3 is 2.73 bits per heavy atom. The molecule has 1 unspecified atom stereocenters. The van der Waals surface area contributed by atoms with Crippen LogP contribution in [0.3, 0.4) is 0 Å². The molecule has 0 fully saturated rings. The van der Waals surface area contributed by atoms with E-state index >= 15 is 0 Å². The molecular formula is C8H12N2O. The average Bonchev–Trinajstić information content (AvgIpc) is 2.00. The summed E-state index contributed by atoms with van der Waals surface area (Å²) in [6.45, 7) is 3.75. The Morgan fingerprint density at radius 2 is 2.36 bits per heavy atom. The van der Waals surface area contributed by atoms with Gasteiger partial charge in [0.1, 0.15) is 5.84 Å². The first-order chi connectivity index (χ1) is 5.11. The molecule has 0 aromatic rings. The van der Waals surface area contributed by atoms with E-state index in [-0.39, 0.29) is 5.78 Å². The smallest absolute Gasteiger partial charge is 0.170 e. The van der Waals surface area contributed by atoms with Crippen LogP contribution in [0.2, 0.25) is 0 Å². The zero-order valence-electron chi connectivity index (χ0n) is 6.79. The molecule has 0 spiro atoms. The van der Waals surface area contributed by atoms with Gasteiger partial charge in [-0.05, 0) is 13.3 Å². The number of nitrogens with zero attached hydrogens (tertiary/aromatic N) is 1. The highest BCUT2D eigenvalue weighted by Crippen LogP contribution is 2.25. The lowest BCUT2D eigenvalue weighted by Gasteiger charge is -2.25. The molecule has 2 N–H and O–H groups in total. The lowest BCUT2D eigenvalue weighted by Crippen LogP contribution is -2.41. The molecule has 0 aromatic heterocycles. The summed E-state index contributed by atoms with van der Waals surface area (Å²) in [5, 5.41) is 0. The van der Waals surface area contributed by atoms with Gasteiger partial charge in [-0.3, -0.25) is 4.79 Å². The van der Waals surface area contributed by atoms with E-state index in [1.54, 1.807) is 0 Å². The molecule has 0 bridgehead atoms. The highest BCUT2D eigenvalue weighted by Gasteiger charge is 2.35. The van der Waals surface area contributed by atoms with Crippen LogP contribution < -0.4 is 5.73 Å². The number of ketones is 1. The Bertz CT molecular complexity index is 242. The Morgan fingerprint density at radius 1 is 1.73 bits per heavy atom. The van der Waals surface area contributed by atoms with Gasteiger partial charge in [0.25, 0.3) is 0 Å². The minimum atomic E-state index is -0.561. The minimum Gasteiger partial charge on any atom is -0.386 e. The molecule has 11 heavy (non-hydrogen) atoms. The number of amidine groups is 1. The average molecular weight is 152 g/mol. The molecule has 1 rings (SSSR count). The first kappa shape index (κ1) is 7.98. The third-order valence-corrected chi connectivity index (χ3v) is 2.26. The van der Waals surface area contributed by atoms with Crippen molar-refractivity contribution >= 4 is 11.6 Å². The standard InChI is InChI=1S/C8H12N2O/c1-3-8(2)6(11)4-5-10-7(8)9/h4-5H,3H2,1-2H3,(H2,9,10). The van der Waals surface area contributed by atoms with Gasteiger partial charge in [0.05, 0.1) is 5.41 Å². The normalized spacial score (nSPS) is 30.4. The summed E-state index contributed by atoms with van der Waals surface area (Å²) < 4.78 is 0. The fraction of sp³-hybridized carbons (Fsp3) is 0.500. The van der Waals surface area contributed by atoms with E-state index < -0.39 is 5.41 Å². The molecule has 0 saturated heterocycles. The number of hydrogen-bond acceptors (Lipinski definition) is 3. The molecule has 0 aromatic carbocycles. The summed E-state index contributed by atoms with van der Waals surface area (Å²) in [7, 11) is 0. The summed E-state index contributed by atoms with van der Waals surface area (Å²) in [6.07, 6.45) is 3.63. The van der Waals surface area contributed by atoms with Crippen LogP contribution in [-0.4, -0.2) is 11.6 Å². The molecule has 0 amide bonds. The van der Waals surface area contributed by atoms with Crippen molar-refractivity contribution in [1.29, 1.82) is 0 Å². The zero-order valence-corrected chi connectivity index (χ0v) is 6.79. The molecule has 0 aliphatic carbocycles. The molecule has 60 valence electrons. The van der Waals surface area contributed by atoms with Crippen LogP contribution in [0.25, 0.3) is 0 Å². The minimum absolute atomic E-state index is 0.0486. The van der Waals surface area contributed by atoms with Crippen molar-refractivity contribution in [1.82, 2.24) is 0 Å². The highest BCUT2D eigenvalue weighted by atomic mass is 16.1. The first-order valence-electron chi connectivity index (χ1n) is 3.66. The topological polar surface area (TPSA) is 55.5 Å². The first-order valence-corrected chi connectivity index (χ1v) is 3.66. The van der Waals surface area contributed by atoms with E-state index in [9.17, 15) is 4.79 Å². The van der Waals surface area contributed by atoms with Gasteiger partial charge in [0.15, 0.2) is 5.78 Å². The van der Waals surface area contributed by atoms with Gasteiger partial charge >= 0.3 is 0 Å². The van der Waals surface area contributed by atoms with Crippen molar-refractivity contribution in [2.24, 2.45) is 16.1 Å². The molecule has 0 radical (unpaired) electrons. The van der Waals surface area contributed by atoms with Crippen molar-refractivity contribution in [3.8, 4) is 0 Å². The fourth-order valence-corrected chi connectivity index (χ4v) is 0.993. The molecule has 3 heteroatoms. The maximum Gasteiger partial charge on any atom is 0.170 e. The SMILES string of the molecule is CCC1(C)C(=O)C=CN=C1N. The van der Waals surface area contributed by atoms with Gasteiger partial charge in [-0.2, -0.15) is 0 Å². The van der Waals surface area contributed by atoms with Crippen LogP contribution in [-0.2, 0) is 4.79 Å². The van der Waals surface area contributed by atoms with Crippen LogP contribution >= 0.6 is 0 Å². The molecule has 3 nitrogen and oxygen atoms in total. The van der Waals surface area contributed by atoms with E-state index in [2.05, 4.69) is 4.99 Å². The van der Waals surface area contributed by atoms with Crippen molar-refractivity contribution in [2.75, 3.05) is 0 Å². The van der Waals surface area contributed by atoms with Gasteiger partial charge in [-0.25, -0.2) is 4.99 Å². The van der Waals surface area contributed by atoms with Crippen molar-refractivity contribution < 1.29 is 4.79 Å². The van der Waals surface area contributed by atoms with Gasteiger partial charge in [-0.15, -0.1) is 0 Å². The van der Waals surface area contributed by atoms with E-state index in [0.29, 0.717) is 12.3 Å². The van der Waals surface area contributed by atoms with Crippen LogP contribution in [0.15, 0.2) is 17.3 Å². The van der Waals surface area contributed by atoms with Gasteiger partial charge in [0.2, 0.25) is 0 Å². The Balaban J connectivity index is 3.04. The quantitative estimate of drug-likeness (QED) is 0.605. The molecular weight excluding hydrogens is 140 g/mol. The molecule has 1 heterocycles.